The fraction of sp³-hybridized carbons (Fsp3) is 0.300. The van der Waals surface area contributed by atoms with Crippen molar-refractivity contribution < 1.29 is 13.2 Å². The Morgan fingerprint density at radius 3 is 2.50 bits per heavy atom. The minimum absolute atomic E-state index is 0.0214. The molecule has 0 spiro atoms. The van der Waals surface area contributed by atoms with Gasteiger partial charge in [-0.15, -0.1) is 11.3 Å². The number of alkyl halides is 3. The fourth-order valence-corrected chi connectivity index (χ4v) is 2.10. The Hall–Kier alpha value is -1.94. The highest BCUT2D eigenvalue weighted by atomic mass is 32.1. The van der Waals surface area contributed by atoms with Gasteiger partial charge < -0.3 is 10.7 Å². The van der Waals surface area contributed by atoms with Crippen LogP contribution in [0.25, 0.3) is 0 Å². The first-order valence-electron chi connectivity index (χ1n) is 5.46. The summed E-state index contributed by atoms with van der Waals surface area (Å²) in [5.41, 5.74) is 2.93. The average Bonchev–Trinajstić information content (AvgIpc) is 2.81. The minimum Gasteiger partial charge on any atom is -0.363 e. The minimum atomic E-state index is -4.64. The first kappa shape index (κ1) is 14.5. The van der Waals surface area contributed by atoms with Gasteiger partial charge in [0.05, 0.1) is 6.54 Å². The number of hydrazine groups is 1. The van der Waals surface area contributed by atoms with Crippen LogP contribution in [-0.2, 0) is 12.7 Å². The van der Waals surface area contributed by atoms with E-state index in [2.05, 4.69) is 25.7 Å². The zero-order valence-electron chi connectivity index (χ0n) is 10.3. The Morgan fingerprint density at radius 2 is 1.95 bits per heavy atom. The molecule has 0 atom stereocenters. The van der Waals surface area contributed by atoms with Crippen LogP contribution >= 0.6 is 11.3 Å². The number of aryl methyl sites for hydroxylation is 1. The molecule has 0 bridgehead atoms. The summed E-state index contributed by atoms with van der Waals surface area (Å²) < 4.78 is 37.9. The van der Waals surface area contributed by atoms with Crippen LogP contribution in [0.4, 0.5) is 24.8 Å². The van der Waals surface area contributed by atoms with E-state index in [-0.39, 0.29) is 18.2 Å². The van der Waals surface area contributed by atoms with Crippen molar-refractivity contribution in [2.45, 2.75) is 19.6 Å². The van der Waals surface area contributed by atoms with Gasteiger partial charge in [-0.1, -0.05) is 0 Å². The van der Waals surface area contributed by atoms with E-state index in [1.165, 1.54) is 17.4 Å². The number of rotatable bonds is 4. The molecule has 6 nitrogen and oxygen atoms in total. The van der Waals surface area contributed by atoms with E-state index in [1.807, 2.05) is 12.3 Å². The molecular weight excluding hydrogens is 293 g/mol. The van der Waals surface area contributed by atoms with E-state index in [9.17, 15) is 13.2 Å². The van der Waals surface area contributed by atoms with Gasteiger partial charge in [-0.2, -0.15) is 13.2 Å². The van der Waals surface area contributed by atoms with Gasteiger partial charge in [0.15, 0.2) is 0 Å². The lowest BCUT2D eigenvalue weighted by atomic mass is 10.4. The van der Waals surface area contributed by atoms with Gasteiger partial charge in [-0.25, -0.2) is 20.8 Å². The van der Waals surface area contributed by atoms with Gasteiger partial charge in [0.2, 0.25) is 5.82 Å². The number of nitrogens with zero attached hydrogens (tertiary/aromatic N) is 3. The molecule has 0 fully saturated rings. The molecular formula is C10H11F3N6S. The number of hydrogen-bond acceptors (Lipinski definition) is 7. The lowest BCUT2D eigenvalue weighted by molar-refractivity contribution is -0.144. The molecule has 0 aliphatic carbocycles. The predicted molar refractivity (Wildman–Crippen MR) is 69.0 cm³/mol. The molecule has 0 saturated heterocycles. The van der Waals surface area contributed by atoms with E-state index in [4.69, 9.17) is 5.84 Å². The van der Waals surface area contributed by atoms with Gasteiger partial charge >= 0.3 is 6.18 Å². The van der Waals surface area contributed by atoms with Gasteiger partial charge in [-0.3, -0.25) is 0 Å². The highest BCUT2D eigenvalue weighted by Crippen LogP contribution is 2.28. The lowest BCUT2D eigenvalue weighted by Gasteiger charge is -2.10. The Balaban J connectivity index is 2.18. The summed E-state index contributed by atoms with van der Waals surface area (Å²) >= 11 is 1.41. The first-order valence-corrected chi connectivity index (χ1v) is 6.34. The SMILES string of the molecule is Cc1csc(CNc2cc(NN)nc(C(F)(F)F)n2)n1. The summed E-state index contributed by atoms with van der Waals surface area (Å²) in [6.45, 7) is 2.11. The second-order valence-corrected chi connectivity index (χ2v) is 4.78. The van der Waals surface area contributed by atoms with Gasteiger partial charge in [0.1, 0.15) is 16.6 Å². The van der Waals surface area contributed by atoms with Crippen molar-refractivity contribution in [3.05, 3.63) is 28.0 Å². The summed E-state index contributed by atoms with van der Waals surface area (Å²) in [6.07, 6.45) is -4.64. The smallest absolute Gasteiger partial charge is 0.363 e. The third kappa shape index (κ3) is 3.54. The third-order valence-electron chi connectivity index (χ3n) is 2.21. The summed E-state index contributed by atoms with van der Waals surface area (Å²) in [4.78, 5) is 10.9. The zero-order chi connectivity index (χ0) is 14.8. The maximum absolute atomic E-state index is 12.6. The van der Waals surface area contributed by atoms with Crippen molar-refractivity contribution in [2.75, 3.05) is 10.7 Å². The number of hydrogen-bond donors (Lipinski definition) is 3. The average molecular weight is 304 g/mol. The van der Waals surface area contributed by atoms with E-state index < -0.39 is 12.0 Å². The van der Waals surface area contributed by atoms with Gasteiger partial charge in [0, 0.05) is 17.1 Å². The third-order valence-corrected chi connectivity index (χ3v) is 3.18. The van der Waals surface area contributed by atoms with Gasteiger partial charge in [-0.05, 0) is 6.92 Å². The molecule has 0 amide bonds. The highest BCUT2D eigenvalue weighted by Gasteiger charge is 2.35. The molecule has 20 heavy (non-hydrogen) atoms. The molecule has 2 aromatic heterocycles. The van der Waals surface area contributed by atoms with Crippen molar-refractivity contribution in [1.82, 2.24) is 15.0 Å². The lowest BCUT2D eigenvalue weighted by Crippen LogP contribution is -2.17. The number of thiazole rings is 1. The molecule has 2 heterocycles. The maximum Gasteiger partial charge on any atom is 0.451 e. The number of nitrogens with one attached hydrogen (secondary N) is 2. The van der Waals surface area contributed by atoms with Crippen LogP contribution in [0.5, 0.6) is 0 Å². The molecule has 0 radical (unpaired) electrons. The molecule has 2 rings (SSSR count). The van der Waals surface area contributed by atoms with Crippen molar-refractivity contribution in [3.63, 3.8) is 0 Å². The van der Waals surface area contributed by atoms with Crippen molar-refractivity contribution >= 4 is 23.0 Å². The predicted octanol–water partition coefficient (Wildman–Crippen LogP) is 2.16. The fourth-order valence-electron chi connectivity index (χ4n) is 1.39. The molecule has 0 saturated carbocycles. The Kier molecular flexibility index (Phi) is 4.04. The molecule has 0 aliphatic heterocycles. The number of halogens is 3. The molecule has 10 heteroatoms. The molecule has 0 aromatic carbocycles. The van der Waals surface area contributed by atoms with Gasteiger partial charge in [0.25, 0.3) is 0 Å². The molecule has 2 aromatic rings. The van der Waals surface area contributed by atoms with Crippen LogP contribution in [-0.4, -0.2) is 15.0 Å². The normalized spacial score (nSPS) is 11.4. The monoisotopic (exact) mass is 304 g/mol. The second-order valence-electron chi connectivity index (χ2n) is 3.84. The number of nitrogens with two attached hydrogens (primary N) is 1. The van der Waals surface area contributed by atoms with Crippen LogP contribution in [0, 0.1) is 6.92 Å². The Morgan fingerprint density at radius 1 is 1.25 bits per heavy atom. The summed E-state index contributed by atoms with van der Waals surface area (Å²) in [6, 6.07) is 1.29. The van der Waals surface area contributed by atoms with Crippen molar-refractivity contribution in [1.29, 1.82) is 0 Å². The number of aromatic nitrogens is 3. The summed E-state index contributed by atoms with van der Waals surface area (Å²) in [5.74, 6) is 3.74. The quantitative estimate of drug-likeness (QED) is 0.592. The summed E-state index contributed by atoms with van der Waals surface area (Å²) in [5, 5.41) is 5.36. The van der Waals surface area contributed by atoms with E-state index >= 15 is 0 Å². The molecule has 4 N–H and O–H groups in total. The second kappa shape index (κ2) is 5.59. The van der Waals surface area contributed by atoms with E-state index in [1.54, 1.807) is 0 Å². The highest BCUT2D eigenvalue weighted by molar-refractivity contribution is 7.09. The molecule has 0 unspecified atom stereocenters. The van der Waals surface area contributed by atoms with Crippen LogP contribution in [0.3, 0.4) is 0 Å². The number of anilines is 2. The topological polar surface area (TPSA) is 88.8 Å². The van der Waals surface area contributed by atoms with Crippen molar-refractivity contribution in [3.8, 4) is 0 Å². The summed E-state index contributed by atoms with van der Waals surface area (Å²) in [7, 11) is 0. The van der Waals surface area contributed by atoms with Crippen LogP contribution in [0.2, 0.25) is 0 Å². The van der Waals surface area contributed by atoms with Crippen LogP contribution in [0.15, 0.2) is 11.4 Å². The first-order chi connectivity index (χ1) is 9.38. The van der Waals surface area contributed by atoms with Crippen LogP contribution < -0.4 is 16.6 Å². The number of nitrogen functional groups attached to an aromatic ring is 1. The van der Waals surface area contributed by atoms with E-state index in [0.717, 1.165) is 10.7 Å². The molecule has 108 valence electrons. The van der Waals surface area contributed by atoms with Crippen LogP contribution in [0.1, 0.15) is 16.5 Å². The molecule has 0 aliphatic rings. The zero-order valence-corrected chi connectivity index (χ0v) is 11.1. The standard InChI is InChI=1S/C10H11F3N6S/c1-5-4-20-8(16-5)3-15-6-2-7(19-14)18-9(17-6)10(11,12)13/h2,4H,3,14H2,1H3,(H2,15,17,18,19). The Labute approximate surface area is 116 Å². The Bertz CT molecular complexity index is 597. The van der Waals surface area contributed by atoms with E-state index in [0.29, 0.717) is 0 Å². The maximum atomic E-state index is 12.6. The van der Waals surface area contributed by atoms with Crippen molar-refractivity contribution in [2.24, 2.45) is 5.84 Å². The largest absolute Gasteiger partial charge is 0.451 e.